The lowest BCUT2D eigenvalue weighted by atomic mass is 10.1. The average Bonchev–Trinajstić information content (AvgIpc) is 2.82. The number of carboxylic acid groups (broad SMARTS) is 1. The third-order valence-corrected chi connectivity index (χ3v) is 3.77. The van der Waals surface area contributed by atoms with E-state index in [4.69, 9.17) is 5.11 Å². The smallest absolute Gasteiger partial charge is 0.407 e. The molecule has 2 heterocycles. The van der Waals surface area contributed by atoms with Gasteiger partial charge in [0.2, 0.25) is 0 Å². The standard InChI is InChI=1S/C15H14FN3O3/c1-9(20)14-13(10-2-4-11(16)5-3-10)17-8-19(14)12-6-18(7-12)15(21)22/h2-5,8,12H,6-7H2,1H3,(H,21,22). The molecule has 0 aliphatic carbocycles. The summed E-state index contributed by atoms with van der Waals surface area (Å²) in [5, 5.41) is 8.88. The van der Waals surface area contributed by atoms with E-state index >= 15 is 0 Å². The maximum Gasteiger partial charge on any atom is 0.407 e. The SMILES string of the molecule is CC(=O)c1c(-c2ccc(F)cc2)ncn1C1CN(C(=O)O)C1. The number of ketones is 1. The molecule has 2 aromatic rings. The molecule has 6 nitrogen and oxygen atoms in total. The molecule has 7 heteroatoms. The van der Waals surface area contributed by atoms with Gasteiger partial charge >= 0.3 is 6.09 Å². The van der Waals surface area contributed by atoms with Crippen LogP contribution in [0.1, 0.15) is 23.5 Å². The van der Waals surface area contributed by atoms with Crippen molar-refractivity contribution >= 4 is 11.9 Å². The van der Waals surface area contributed by atoms with Crippen molar-refractivity contribution in [1.82, 2.24) is 14.5 Å². The third kappa shape index (κ3) is 2.34. The van der Waals surface area contributed by atoms with E-state index in [0.717, 1.165) is 0 Å². The molecule has 3 rings (SSSR count). The van der Waals surface area contributed by atoms with Gasteiger partial charge < -0.3 is 14.6 Å². The van der Waals surface area contributed by atoms with Crippen LogP contribution in [-0.4, -0.2) is 44.5 Å². The zero-order valence-corrected chi connectivity index (χ0v) is 11.9. The molecule has 0 radical (unpaired) electrons. The van der Waals surface area contributed by atoms with E-state index in [1.165, 1.54) is 24.0 Å². The highest BCUT2D eigenvalue weighted by molar-refractivity contribution is 5.98. The second-order valence-electron chi connectivity index (χ2n) is 5.25. The van der Waals surface area contributed by atoms with Crippen LogP contribution in [0.2, 0.25) is 0 Å². The van der Waals surface area contributed by atoms with Crippen molar-refractivity contribution in [3.05, 3.63) is 42.1 Å². The van der Waals surface area contributed by atoms with Gasteiger partial charge in [-0.1, -0.05) is 0 Å². The molecule has 22 heavy (non-hydrogen) atoms. The van der Waals surface area contributed by atoms with Crippen molar-refractivity contribution in [3.8, 4) is 11.3 Å². The van der Waals surface area contributed by atoms with Crippen LogP contribution in [-0.2, 0) is 0 Å². The lowest BCUT2D eigenvalue weighted by Crippen LogP contribution is -2.50. The first kappa shape index (κ1) is 14.2. The Hall–Kier alpha value is -2.70. The molecule has 1 aliphatic rings. The Kier molecular flexibility index (Phi) is 3.40. The van der Waals surface area contributed by atoms with Crippen molar-refractivity contribution in [3.63, 3.8) is 0 Å². The van der Waals surface area contributed by atoms with Gasteiger partial charge in [0, 0.05) is 25.6 Å². The normalized spacial score (nSPS) is 14.7. The summed E-state index contributed by atoms with van der Waals surface area (Å²) in [5.74, 6) is -0.519. The molecule has 1 aromatic heterocycles. The number of rotatable bonds is 3. The quantitative estimate of drug-likeness (QED) is 0.884. The first-order valence-electron chi connectivity index (χ1n) is 6.79. The van der Waals surface area contributed by atoms with Crippen LogP contribution in [0.3, 0.4) is 0 Å². The minimum atomic E-state index is -0.973. The van der Waals surface area contributed by atoms with Crippen molar-refractivity contribution in [2.45, 2.75) is 13.0 Å². The third-order valence-electron chi connectivity index (χ3n) is 3.77. The molecule has 0 bridgehead atoms. The molecule has 1 fully saturated rings. The van der Waals surface area contributed by atoms with Gasteiger partial charge in [0.1, 0.15) is 11.5 Å². The molecule has 0 unspecified atom stereocenters. The lowest BCUT2D eigenvalue weighted by molar-refractivity contribution is 0.0829. The Morgan fingerprint density at radius 2 is 1.91 bits per heavy atom. The van der Waals surface area contributed by atoms with E-state index < -0.39 is 6.09 Å². The monoisotopic (exact) mass is 303 g/mol. The summed E-state index contributed by atoms with van der Waals surface area (Å²) in [7, 11) is 0. The Balaban J connectivity index is 1.95. The summed E-state index contributed by atoms with van der Waals surface area (Å²) >= 11 is 0. The number of halogens is 1. The molecular formula is C15H14FN3O3. The molecule has 1 aliphatic heterocycles. The van der Waals surface area contributed by atoms with Crippen LogP contribution < -0.4 is 0 Å². The summed E-state index contributed by atoms with van der Waals surface area (Å²) < 4.78 is 14.7. The highest BCUT2D eigenvalue weighted by Gasteiger charge is 2.34. The summed E-state index contributed by atoms with van der Waals surface area (Å²) in [6.45, 7) is 2.10. The Morgan fingerprint density at radius 1 is 1.27 bits per heavy atom. The van der Waals surface area contributed by atoms with Gasteiger partial charge in [0.05, 0.1) is 18.1 Å². The van der Waals surface area contributed by atoms with E-state index in [1.54, 1.807) is 23.0 Å². The van der Waals surface area contributed by atoms with Gasteiger partial charge in [-0.25, -0.2) is 14.2 Å². The van der Waals surface area contributed by atoms with E-state index in [9.17, 15) is 14.0 Å². The Labute approximate surface area is 125 Å². The first-order valence-corrected chi connectivity index (χ1v) is 6.79. The van der Waals surface area contributed by atoms with E-state index in [2.05, 4.69) is 4.98 Å². The Bertz CT molecular complexity index is 733. The van der Waals surface area contributed by atoms with Crippen LogP contribution in [0, 0.1) is 5.82 Å². The minimum absolute atomic E-state index is 0.100. The van der Waals surface area contributed by atoms with Crippen LogP contribution >= 0.6 is 0 Å². The maximum atomic E-state index is 13.0. The molecule has 0 saturated carbocycles. The van der Waals surface area contributed by atoms with E-state index in [-0.39, 0.29) is 17.6 Å². The second-order valence-corrected chi connectivity index (χ2v) is 5.25. The predicted octanol–water partition coefficient (Wildman–Crippen LogP) is 2.43. The number of nitrogens with zero attached hydrogens (tertiary/aromatic N) is 3. The zero-order valence-electron chi connectivity index (χ0n) is 11.9. The number of carbonyl (C=O) groups excluding carboxylic acids is 1. The minimum Gasteiger partial charge on any atom is -0.465 e. The lowest BCUT2D eigenvalue weighted by Gasteiger charge is -2.38. The average molecular weight is 303 g/mol. The summed E-state index contributed by atoms with van der Waals surface area (Å²) in [5.41, 5.74) is 1.56. The number of benzene rings is 1. The van der Waals surface area contributed by atoms with Crippen molar-refractivity contribution < 1.29 is 19.1 Å². The van der Waals surface area contributed by atoms with Gasteiger partial charge in [-0.05, 0) is 24.3 Å². The topological polar surface area (TPSA) is 75.4 Å². The van der Waals surface area contributed by atoms with Gasteiger partial charge in [-0.15, -0.1) is 0 Å². The summed E-state index contributed by atoms with van der Waals surface area (Å²) in [6.07, 6.45) is 0.568. The van der Waals surface area contributed by atoms with Gasteiger partial charge in [0.15, 0.2) is 5.78 Å². The largest absolute Gasteiger partial charge is 0.465 e. The fourth-order valence-electron chi connectivity index (χ4n) is 2.59. The van der Waals surface area contributed by atoms with Crippen LogP contribution in [0.5, 0.6) is 0 Å². The highest BCUT2D eigenvalue weighted by atomic mass is 19.1. The van der Waals surface area contributed by atoms with Crippen molar-refractivity contribution in [2.75, 3.05) is 13.1 Å². The van der Waals surface area contributed by atoms with Crippen molar-refractivity contribution in [1.29, 1.82) is 0 Å². The van der Waals surface area contributed by atoms with E-state index in [1.807, 2.05) is 0 Å². The number of hydrogen-bond donors (Lipinski definition) is 1. The maximum absolute atomic E-state index is 13.0. The number of amides is 1. The number of Topliss-reactive ketones (excluding diaryl/α,β-unsaturated/α-hetero) is 1. The van der Waals surface area contributed by atoms with Gasteiger partial charge in [-0.2, -0.15) is 0 Å². The fraction of sp³-hybridized carbons (Fsp3) is 0.267. The molecule has 114 valence electrons. The molecule has 0 spiro atoms. The fourth-order valence-corrected chi connectivity index (χ4v) is 2.59. The van der Waals surface area contributed by atoms with Crippen molar-refractivity contribution in [2.24, 2.45) is 0 Å². The number of hydrogen-bond acceptors (Lipinski definition) is 3. The van der Waals surface area contributed by atoms with Crippen LogP contribution in [0.15, 0.2) is 30.6 Å². The predicted molar refractivity (Wildman–Crippen MR) is 76.3 cm³/mol. The van der Waals surface area contributed by atoms with Gasteiger partial charge in [-0.3, -0.25) is 4.79 Å². The van der Waals surface area contributed by atoms with Crippen LogP contribution in [0.25, 0.3) is 11.3 Å². The molecular weight excluding hydrogens is 289 g/mol. The van der Waals surface area contributed by atoms with Crippen LogP contribution in [0.4, 0.5) is 9.18 Å². The molecule has 1 amide bonds. The van der Waals surface area contributed by atoms with Gasteiger partial charge in [0.25, 0.3) is 0 Å². The highest BCUT2D eigenvalue weighted by Crippen LogP contribution is 2.29. The van der Waals surface area contributed by atoms with E-state index in [0.29, 0.717) is 30.0 Å². The second kappa shape index (κ2) is 5.25. The number of imidazole rings is 1. The zero-order chi connectivity index (χ0) is 15.9. The summed E-state index contributed by atoms with van der Waals surface area (Å²) in [4.78, 5) is 28.4. The molecule has 0 atom stereocenters. The number of likely N-dealkylation sites (tertiary alicyclic amines) is 1. The Morgan fingerprint density at radius 3 is 2.45 bits per heavy atom. The molecule has 1 saturated heterocycles. The number of aromatic nitrogens is 2. The molecule has 1 aromatic carbocycles. The summed E-state index contributed by atoms with van der Waals surface area (Å²) in [6, 6.07) is 5.66. The molecule has 1 N–H and O–H groups in total. The number of carbonyl (C=O) groups is 2. The first-order chi connectivity index (χ1) is 10.5.